The third-order valence-corrected chi connectivity index (χ3v) is 10.6. The lowest BCUT2D eigenvalue weighted by atomic mass is 9.90. The molecule has 0 amide bonds. The van der Waals surface area contributed by atoms with Crippen molar-refractivity contribution < 1.29 is 4.42 Å². The summed E-state index contributed by atoms with van der Waals surface area (Å²) >= 11 is 0. The lowest BCUT2D eigenvalue weighted by Crippen LogP contribution is -2.06. The van der Waals surface area contributed by atoms with Crippen molar-refractivity contribution in [3.8, 4) is 51.0 Å². The van der Waals surface area contributed by atoms with Crippen molar-refractivity contribution in [3.05, 3.63) is 176 Å². The van der Waals surface area contributed by atoms with Crippen molar-refractivity contribution >= 4 is 49.3 Å². The molecular weight excluding hydrogens is 689 g/mol. The maximum Gasteiger partial charge on any atom is 0.165 e. The van der Waals surface area contributed by atoms with Crippen LogP contribution in [-0.2, 0) is 0 Å². The Kier molecular flexibility index (Phi) is 7.48. The Hall–Kier alpha value is -7.51. The van der Waals surface area contributed by atoms with Gasteiger partial charge in [-0.3, -0.25) is 9.97 Å². The third-order valence-electron chi connectivity index (χ3n) is 10.6. The van der Waals surface area contributed by atoms with E-state index in [-0.39, 0.29) is 0 Å². The highest BCUT2D eigenvalue weighted by Crippen LogP contribution is 2.46. The lowest BCUT2D eigenvalue weighted by molar-refractivity contribution is 0.669. The number of allylic oxidation sites excluding steroid dienone is 4. The Balaban J connectivity index is 1.29. The van der Waals surface area contributed by atoms with Crippen molar-refractivity contribution in [3.63, 3.8) is 0 Å². The molecule has 0 saturated carbocycles. The van der Waals surface area contributed by atoms with Crippen LogP contribution in [0, 0.1) is 0 Å². The van der Waals surface area contributed by atoms with Crippen molar-refractivity contribution in [2.75, 3.05) is 0 Å². The van der Waals surface area contributed by atoms with Crippen LogP contribution < -0.4 is 0 Å². The number of para-hydroxylation sites is 2. The fourth-order valence-corrected chi connectivity index (χ4v) is 8.13. The Labute approximate surface area is 322 Å². The van der Waals surface area contributed by atoms with E-state index in [0.717, 1.165) is 90.5 Å². The van der Waals surface area contributed by atoms with Crippen LogP contribution in [0.2, 0.25) is 0 Å². The second kappa shape index (κ2) is 13.1. The molecule has 0 saturated heterocycles. The van der Waals surface area contributed by atoms with Gasteiger partial charge in [0, 0.05) is 68.8 Å². The molecule has 1 aliphatic rings. The van der Waals surface area contributed by atoms with Crippen molar-refractivity contribution in [1.29, 1.82) is 0 Å². The van der Waals surface area contributed by atoms with Crippen LogP contribution in [0.25, 0.3) is 100 Å². The fraction of sp³-hybridized carbons (Fsp3) is 0.0408. The van der Waals surface area contributed by atoms with Gasteiger partial charge in [0.1, 0.15) is 11.2 Å². The van der Waals surface area contributed by atoms with E-state index in [0.29, 0.717) is 17.5 Å². The molecule has 0 atom stereocenters. The van der Waals surface area contributed by atoms with Crippen LogP contribution in [0.3, 0.4) is 0 Å². The Morgan fingerprint density at radius 1 is 0.518 bits per heavy atom. The van der Waals surface area contributed by atoms with Crippen molar-refractivity contribution in [1.82, 2.24) is 29.5 Å². The minimum atomic E-state index is 0.544. The number of pyridine rings is 2. The molecule has 7 heteroatoms. The zero-order chi connectivity index (χ0) is 37.0. The van der Waals surface area contributed by atoms with Crippen LogP contribution >= 0.6 is 0 Å². The molecule has 0 aliphatic heterocycles. The number of hydrogen-bond donors (Lipinski definition) is 0. The van der Waals surface area contributed by atoms with Crippen LogP contribution in [0.5, 0.6) is 0 Å². The summed E-state index contributed by atoms with van der Waals surface area (Å²) in [5, 5.41) is 4.53. The number of furan rings is 1. The number of hydrogen-bond acceptors (Lipinski definition) is 6. The Morgan fingerprint density at radius 2 is 1.18 bits per heavy atom. The minimum absolute atomic E-state index is 0.544. The SMILES string of the molecule is C1=CC(c2cc(-c3nc(-c4cccnc4)nc(-c4cccnc4)n3)cc(-c3ccccc3)c2-n2c3ccccc3c3ccc4oc5ccccc5c4c32)=CCC1. The van der Waals surface area contributed by atoms with Gasteiger partial charge in [0.2, 0.25) is 0 Å². The molecule has 0 unspecified atom stereocenters. The van der Waals surface area contributed by atoms with Gasteiger partial charge in [0.05, 0.1) is 22.1 Å². The van der Waals surface area contributed by atoms with Crippen LogP contribution in [-0.4, -0.2) is 29.5 Å². The summed E-state index contributed by atoms with van der Waals surface area (Å²) in [6.45, 7) is 0. The first-order chi connectivity index (χ1) is 27.8. The maximum atomic E-state index is 6.51. The van der Waals surface area contributed by atoms with Crippen LogP contribution in [0.15, 0.2) is 175 Å². The van der Waals surface area contributed by atoms with E-state index < -0.39 is 0 Å². The van der Waals surface area contributed by atoms with Gasteiger partial charge in [-0.05, 0) is 84.6 Å². The molecule has 0 radical (unpaired) electrons. The molecule has 5 heterocycles. The van der Waals surface area contributed by atoms with Gasteiger partial charge in [0.15, 0.2) is 17.5 Å². The average Bonchev–Trinajstić information content (AvgIpc) is 3.83. The van der Waals surface area contributed by atoms with E-state index in [4.69, 9.17) is 19.4 Å². The lowest BCUT2D eigenvalue weighted by Gasteiger charge is -2.22. The molecule has 10 aromatic rings. The monoisotopic (exact) mass is 720 g/mol. The fourth-order valence-electron chi connectivity index (χ4n) is 8.13. The molecular formula is C49H32N6O. The van der Waals surface area contributed by atoms with E-state index in [1.54, 1.807) is 24.8 Å². The molecule has 0 fully saturated rings. The molecule has 11 rings (SSSR count). The zero-order valence-electron chi connectivity index (χ0n) is 30.2. The summed E-state index contributed by atoms with van der Waals surface area (Å²) in [6.07, 6.45) is 15.9. The molecule has 7 nitrogen and oxygen atoms in total. The van der Waals surface area contributed by atoms with Gasteiger partial charge in [-0.25, -0.2) is 15.0 Å². The van der Waals surface area contributed by atoms with Gasteiger partial charge in [0.25, 0.3) is 0 Å². The summed E-state index contributed by atoms with van der Waals surface area (Å²) < 4.78 is 8.98. The number of benzene rings is 5. The van der Waals surface area contributed by atoms with Gasteiger partial charge < -0.3 is 8.98 Å². The highest BCUT2D eigenvalue weighted by atomic mass is 16.3. The first-order valence-corrected chi connectivity index (χ1v) is 18.8. The summed E-state index contributed by atoms with van der Waals surface area (Å²) in [4.78, 5) is 24.0. The van der Waals surface area contributed by atoms with E-state index >= 15 is 0 Å². The smallest absolute Gasteiger partial charge is 0.165 e. The van der Waals surface area contributed by atoms with Crippen LogP contribution in [0.4, 0.5) is 0 Å². The van der Waals surface area contributed by atoms with E-state index in [9.17, 15) is 0 Å². The predicted octanol–water partition coefficient (Wildman–Crippen LogP) is 12.1. The molecule has 1 aliphatic carbocycles. The van der Waals surface area contributed by atoms with E-state index in [1.165, 1.54) is 10.8 Å². The third kappa shape index (κ3) is 5.24. The molecule has 56 heavy (non-hydrogen) atoms. The summed E-state index contributed by atoms with van der Waals surface area (Å²) in [5.41, 5.74) is 11.9. The van der Waals surface area contributed by atoms with Crippen LogP contribution in [0.1, 0.15) is 18.4 Å². The average molecular weight is 721 g/mol. The second-order valence-corrected chi connectivity index (χ2v) is 14.0. The first kappa shape index (κ1) is 32.0. The quantitative estimate of drug-likeness (QED) is 0.170. The van der Waals surface area contributed by atoms with Crippen molar-refractivity contribution in [2.24, 2.45) is 0 Å². The topological polar surface area (TPSA) is 82.5 Å². The standard InChI is InChI=1S/C49H32N6O/c1-3-13-31(14-4-1)39-27-35(49-53-47(33-17-11-25-50-29-33)52-48(54-49)34-18-12-26-51-30-34)28-40(32-15-5-2-6-16-32)45(39)55-41-21-9-7-19-36(41)37-23-24-43-44(46(37)55)38-20-8-10-22-42(38)56-43/h1,3-5,7-30H,2,6H2. The molecule has 5 aromatic carbocycles. The molecule has 0 spiro atoms. The molecule has 264 valence electrons. The zero-order valence-corrected chi connectivity index (χ0v) is 30.2. The van der Waals surface area contributed by atoms with Gasteiger partial charge in [-0.2, -0.15) is 0 Å². The van der Waals surface area contributed by atoms with E-state index in [1.807, 2.05) is 30.3 Å². The van der Waals surface area contributed by atoms with Gasteiger partial charge >= 0.3 is 0 Å². The second-order valence-electron chi connectivity index (χ2n) is 14.0. The minimum Gasteiger partial charge on any atom is -0.456 e. The van der Waals surface area contributed by atoms with Gasteiger partial charge in [-0.1, -0.05) is 85.0 Å². The van der Waals surface area contributed by atoms with E-state index in [2.05, 4.69) is 130 Å². The van der Waals surface area contributed by atoms with Gasteiger partial charge in [-0.15, -0.1) is 0 Å². The van der Waals surface area contributed by atoms with Crippen molar-refractivity contribution in [2.45, 2.75) is 12.8 Å². The maximum absolute atomic E-state index is 6.51. The Morgan fingerprint density at radius 3 is 1.89 bits per heavy atom. The Bertz CT molecular complexity index is 3120. The first-order valence-electron chi connectivity index (χ1n) is 18.8. The number of nitrogens with zero attached hydrogens (tertiary/aromatic N) is 6. The summed E-state index contributed by atoms with van der Waals surface area (Å²) in [7, 11) is 0. The largest absolute Gasteiger partial charge is 0.456 e. The number of fused-ring (bicyclic) bond motifs is 7. The molecule has 0 bridgehead atoms. The number of aromatic nitrogens is 6. The summed E-state index contributed by atoms with van der Waals surface area (Å²) in [6, 6.07) is 44.2. The highest BCUT2D eigenvalue weighted by molar-refractivity contribution is 6.25. The normalized spacial score (nSPS) is 12.9. The summed E-state index contributed by atoms with van der Waals surface area (Å²) in [5.74, 6) is 1.65. The molecule has 0 N–H and O–H groups in total. The molecule has 5 aromatic heterocycles. The highest BCUT2D eigenvalue weighted by Gasteiger charge is 2.25. The number of rotatable bonds is 6. The predicted molar refractivity (Wildman–Crippen MR) is 225 cm³/mol.